The van der Waals surface area contributed by atoms with E-state index < -0.39 is 0 Å². The van der Waals surface area contributed by atoms with E-state index in [-0.39, 0.29) is 23.7 Å². The number of likely N-dealkylation sites (tertiary alicyclic amines) is 1. The number of benzene rings is 1. The molecule has 0 radical (unpaired) electrons. The second-order valence-corrected chi connectivity index (χ2v) is 8.48. The molecule has 1 fully saturated rings. The van der Waals surface area contributed by atoms with Crippen molar-refractivity contribution in [2.24, 2.45) is 11.7 Å². The number of aromatic nitrogens is 3. The second kappa shape index (κ2) is 7.69. The number of nitrogens with two attached hydrogens (primary N) is 1. The fourth-order valence-electron chi connectivity index (χ4n) is 3.73. The average Bonchev–Trinajstić information content (AvgIpc) is 3.23. The normalized spacial score (nSPS) is 17.2. The van der Waals surface area contributed by atoms with Crippen LogP contribution in [-0.2, 0) is 11.2 Å². The Bertz CT molecular complexity index is 992. The third-order valence-corrected chi connectivity index (χ3v) is 6.62. The molecule has 3 heterocycles. The molecule has 3 N–H and O–H groups in total. The number of halogens is 1. The summed E-state index contributed by atoms with van der Waals surface area (Å²) in [7, 11) is 0. The summed E-state index contributed by atoms with van der Waals surface area (Å²) < 4.78 is 1.51. The van der Waals surface area contributed by atoms with Gasteiger partial charge in [0.15, 0.2) is 5.82 Å². The third-order valence-electron chi connectivity index (χ3n) is 5.29. The number of thiazole rings is 1. The Labute approximate surface area is 171 Å². The Morgan fingerprint density at radius 3 is 2.61 bits per heavy atom. The Kier molecular flexibility index (Phi) is 5.27. The number of aromatic hydroxyl groups is 1. The Morgan fingerprint density at radius 1 is 1.36 bits per heavy atom. The van der Waals surface area contributed by atoms with Crippen molar-refractivity contribution in [3.8, 4) is 5.88 Å². The second-order valence-electron chi connectivity index (χ2n) is 7.03. The molecular weight excluding hydrogens is 398 g/mol. The molecule has 0 saturated carbocycles. The largest absolute Gasteiger partial charge is 0.492 e. The zero-order valence-electron chi connectivity index (χ0n) is 15.5. The molecule has 1 amide bonds. The minimum Gasteiger partial charge on any atom is -0.492 e. The predicted octanol–water partition coefficient (Wildman–Crippen LogP) is 3.00. The maximum atomic E-state index is 11.5. The molecule has 28 heavy (non-hydrogen) atoms. The number of primary amides is 1. The highest BCUT2D eigenvalue weighted by atomic mass is 35.5. The Balaban J connectivity index is 1.73. The van der Waals surface area contributed by atoms with Crippen LogP contribution < -0.4 is 5.73 Å². The maximum Gasteiger partial charge on any atom is 0.230 e. The number of nitrogens with zero attached hydrogens (tertiary/aromatic N) is 4. The van der Waals surface area contributed by atoms with E-state index >= 15 is 0 Å². The maximum absolute atomic E-state index is 11.5. The first-order valence-electron chi connectivity index (χ1n) is 9.34. The SMILES string of the molecule is CCc1nc2sc([C@@H](c3ccc(Cl)cc3)N3CCC(C(N)=O)CC3)c(O)n2n1. The summed E-state index contributed by atoms with van der Waals surface area (Å²) in [4.78, 5) is 19.8. The van der Waals surface area contributed by atoms with Gasteiger partial charge in [-0.3, -0.25) is 9.69 Å². The first kappa shape index (κ1) is 19.2. The molecule has 1 saturated heterocycles. The fourth-order valence-corrected chi connectivity index (χ4v) is 5.00. The number of aryl methyl sites for hydroxylation is 1. The number of fused-ring (bicyclic) bond motifs is 1. The van der Waals surface area contributed by atoms with Gasteiger partial charge in [-0.25, -0.2) is 4.98 Å². The van der Waals surface area contributed by atoms with E-state index in [1.165, 1.54) is 15.9 Å². The summed E-state index contributed by atoms with van der Waals surface area (Å²) in [6.45, 7) is 3.42. The highest BCUT2D eigenvalue weighted by Gasteiger charge is 2.33. The summed E-state index contributed by atoms with van der Waals surface area (Å²) in [5.41, 5.74) is 6.51. The minimum atomic E-state index is -0.239. The summed E-state index contributed by atoms with van der Waals surface area (Å²) in [5.74, 6) is 0.490. The summed E-state index contributed by atoms with van der Waals surface area (Å²) in [5, 5.41) is 15.9. The van der Waals surface area contributed by atoms with Crippen molar-refractivity contribution in [3.63, 3.8) is 0 Å². The van der Waals surface area contributed by atoms with Crippen LogP contribution in [0.25, 0.3) is 4.96 Å². The number of hydrogen-bond acceptors (Lipinski definition) is 6. The number of rotatable bonds is 5. The first-order valence-corrected chi connectivity index (χ1v) is 10.5. The number of carbonyl (C=O) groups excluding carboxylic acids is 1. The molecule has 148 valence electrons. The van der Waals surface area contributed by atoms with Crippen LogP contribution >= 0.6 is 22.9 Å². The van der Waals surface area contributed by atoms with Gasteiger partial charge in [0.25, 0.3) is 0 Å². The van der Waals surface area contributed by atoms with E-state index in [1.807, 2.05) is 31.2 Å². The molecule has 0 aliphatic carbocycles. The van der Waals surface area contributed by atoms with E-state index in [0.717, 1.165) is 10.4 Å². The van der Waals surface area contributed by atoms with Crippen LogP contribution in [0.15, 0.2) is 24.3 Å². The number of carbonyl (C=O) groups is 1. The van der Waals surface area contributed by atoms with Gasteiger partial charge in [0, 0.05) is 17.4 Å². The highest BCUT2D eigenvalue weighted by Crippen LogP contribution is 2.41. The zero-order valence-corrected chi connectivity index (χ0v) is 17.1. The molecule has 7 nitrogen and oxygen atoms in total. The van der Waals surface area contributed by atoms with Gasteiger partial charge in [-0.15, -0.1) is 5.10 Å². The van der Waals surface area contributed by atoms with Crippen molar-refractivity contribution in [2.45, 2.75) is 32.2 Å². The van der Waals surface area contributed by atoms with Crippen LogP contribution in [0.5, 0.6) is 5.88 Å². The molecular formula is C19H22ClN5O2S. The topological polar surface area (TPSA) is 96.8 Å². The van der Waals surface area contributed by atoms with Crippen LogP contribution in [0.3, 0.4) is 0 Å². The first-order chi connectivity index (χ1) is 13.5. The molecule has 9 heteroatoms. The molecule has 0 bridgehead atoms. The van der Waals surface area contributed by atoms with Crippen LogP contribution in [0.4, 0.5) is 0 Å². The van der Waals surface area contributed by atoms with E-state index in [2.05, 4.69) is 15.0 Å². The van der Waals surface area contributed by atoms with Crippen LogP contribution in [0, 0.1) is 5.92 Å². The van der Waals surface area contributed by atoms with Gasteiger partial charge in [-0.1, -0.05) is 42.0 Å². The van der Waals surface area contributed by atoms with Gasteiger partial charge >= 0.3 is 0 Å². The lowest BCUT2D eigenvalue weighted by molar-refractivity contribution is -0.123. The molecule has 1 atom stereocenters. The molecule has 4 rings (SSSR count). The molecule has 0 unspecified atom stereocenters. The smallest absolute Gasteiger partial charge is 0.230 e. The lowest BCUT2D eigenvalue weighted by atomic mass is 9.93. The minimum absolute atomic E-state index is 0.0925. The fraction of sp³-hybridized carbons (Fsp3) is 0.421. The van der Waals surface area contributed by atoms with Gasteiger partial charge in [0.05, 0.1) is 10.9 Å². The van der Waals surface area contributed by atoms with Gasteiger partial charge < -0.3 is 10.8 Å². The van der Waals surface area contributed by atoms with Crippen molar-refractivity contribution < 1.29 is 9.90 Å². The molecule has 3 aromatic rings. The van der Waals surface area contributed by atoms with E-state index in [0.29, 0.717) is 48.2 Å². The predicted molar refractivity (Wildman–Crippen MR) is 109 cm³/mol. The summed E-state index contributed by atoms with van der Waals surface area (Å²) >= 11 is 7.52. The highest BCUT2D eigenvalue weighted by molar-refractivity contribution is 7.17. The van der Waals surface area contributed by atoms with Crippen LogP contribution in [0.1, 0.15) is 42.1 Å². The van der Waals surface area contributed by atoms with Crippen LogP contribution in [0.2, 0.25) is 5.02 Å². The van der Waals surface area contributed by atoms with Crippen molar-refractivity contribution >= 4 is 33.8 Å². The van der Waals surface area contributed by atoms with E-state index in [1.54, 1.807) is 0 Å². The van der Waals surface area contributed by atoms with E-state index in [4.69, 9.17) is 17.3 Å². The quantitative estimate of drug-likeness (QED) is 0.662. The van der Waals surface area contributed by atoms with Crippen molar-refractivity contribution in [1.29, 1.82) is 0 Å². The third kappa shape index (κ3) is 3.47. The van der Waals surface area contributed by atoms with Gasteiger partial charge in [-0.05, 0) is 43.6 Å². The van der Waals surface area contributed by atoms with Crippen molar-refractivity contribution in [1.82, 2.24) is 19.5 Å². The number of piperidine rings is 1. The Hall–Kier alpha value is -2.16. The van der Waals surface area contributed by atoms with E-state index in [9.17, 15) is 9.90 Å². The molecule has 1 aromatic carbocycles. The van der Waals surface area contributed by atoms with Crippen molar-refractivity contribution in [3.05, 3.63) is 45.6 Å². The van der Waals surface area contributed by atoms with Gasteiger partial charge in [0.2, 0.25) is 16.7 Å². The molecule has 1 aliphatic rings. The van der Waals surface area contributed by atoms with Gasteiger partial charge in [0.1, 0.15) is 0 Å². The van der Waals surface area contributed by atoms with Crippen molar-refractivity contribution in [2.75, 3.05) is 13.1 Å². The number of amides is 1. The zero-order chi connectivity index (χ0) is 19.8. The number of hydrogen-bond donors (Lipinski definition) is 2. The van der Waals surface area contributed by atoms with Gasteiger partial charge in [-0.2, -0.15) is 4.52 Å². The molecule has 0 spiro atoms. The average molecular weight is 420 g/mol. The molecule has 1 aliphatic heterocycles. The lowest BCUT2D eigenvalue weighted by Crippen LogP contribution is -2.40. The lowest BCUT2D eigenvalue weighted by Gasteiger charge is -2.36. The summed E-state index contributed by atoms with van der Waals surface area (Å²) in [6.07, 6.45) is 2.13. The molecule has 2 aromatic heterocycles. The monoisotopic (exact) mass is 419 g/mol. The standard InChI is InChI=1S/C19H22ClN5O2S/c1-2-14-22-19-25(23-14)18(27)16(28-19)15(11-3-5-13(20)6-4-11)24-9-7-12(8-10-24)17(21)26/h3-6,12,15,27H,2,7-10H2,1H3,(H2,21,26)/t15-/m1/s1. The van der Waals surface area contributed by atoms with Crippen LogP contribution in [-0.4, -0.2) is 43.6 Å². The Morgan fingerprint density at radius 2 is 2.04 bits per heavy atom. The summed E-state index contributed by atoms with van der Waals surface area (Å²) in [6, 6.07) is 7.48.